The molecule has 0 spiro atoms. The van der Waals surface area contributed by atoms with Crippen molar-refractivity contribution in [3.05, 3.63) is 35.4 Å². The zero-order valence-corrected chi connectivity index (χ0v) is 13.6. The Hall–Kier alpha value is -0.860. The third kappa shape index (κ3) is 3.32. The van der Waals surface area contributed by atoms with Crippen LogP contribution in [0.15, 0.2) is 24.3 Å². The van der Waals surface area contributed by atoms with E-state index in [1.54, 1.807) is 11.1 Å². The molecule has 116 valence electrons. The molecule has 1 fully saturated rings. The van der Waals surface area contributed by atoms with E-state index in [0.717, 1.165) is 12.5 Å². The molecule has 3 rings (SSSR count). The lowest BCUT2D eigenvalue weighted by Gasteiger charge is -2.33. The minimum Gasteiger partial charge on any atom is -0.309 e. The van der Waals surface area contributed by atoms with Crippen molar-refractivity contribution in [2.75, 3.05) is 19.6 Å². The fourth-order valence-electron chi connectivity index (χ4n) is 4.08. The fourth-order valence-corrected chi connectivity index (χ4v) is 4.08. The third-order valence-corrected chi connectivity index (χ3v) is 5.34. The van der Waals surface area contributed by atoms with Gasteiger partial charge < -0.3 is 5.32 Å². The van der Waals surface area contributed by atoms with E-state index in [1.807, 2.05) is 0 Å². The molecule has 1 N–H and O–H groups in total. The van der Waals surface area contributed by atoms with Crippen molar-refractivity contribution in [2.24, 2.45) is 5.92 Å². The van der Waals surface area contributed by atoms with Crippen LogP contribution in [0.5, 0.6) is 0 Å². The monoisotopic (exact) mass is 286 g/mol. The van der Waals surface area contributed by atoms with Crippen molar-refractivity contribution in [1.29, 1.82) is 0 Å². The summed E-state index contributed by atoms with van der Waals surface area (Å²) >= 11 is 0. The average Bonchev–Trinajstić information content (AvgIpc) is 2.72. The molecule has 0 saturated carbocycles. The maximum atomic E-state index is 3.82. The van der Waals surface area contributed by atoms with Gasteiger partial charge in [-0.3, -0.25) is 4.90 Å². The van der Waals surface area contributed by atoms with Gasteiger partial charge in [0.25, 0.3) is 0 Å². The van der Waals surface area contributed by atoms with E-state index >= 15 is 0 Å². The van der Waals surface area contributed by atoms with Crippen LogP contribution >= 0.6 is 0 Å². The van der Waals surface area contributed by atoms with Crippen LogP contribution in [0.2, 0.25) is 0 Å². The molecule has 3 unspecified atom stereocenters. The quantitative estimate of drug-likeness (QED) is 0.906. The summed E-state index contributed by atoms with van der Waals surface area (Å²) in [4.78, 5) is 2.77. The summed E-state index contributed by atoms with van der Waals surface area (Å²) < 4.78 is 0. The Morgan fingerprint density at radius 3 is 2.90 bits per heavy atom. The first-order valence-corrected chi connectivity index (χ1v) is 8.84. The maximum absolute atomic E-state index is 3.82. The molecular weight excluding hydrogens is 256 g/mol. The van der Waals surface area contributed by atoms with E-state index in [2.05, 4.69) is 48.3 Å². The summed E-state index contributed by atoms with van der Waals surface area (Å²) in [7, 11) is 0. The Bertz CT molecular complexity index is 457. The number of hydrogen-bond donors (Lipinski definition) is 1. The Balaban J connectivity index is 1.77. The summed E-state index contributed by atoms with van der Waals surface area (Å²) in [5.41, 5.74) is 3.11. The van der Waals surface area contributed by atoms with Gasteiger partial charge in [-0.2, -0.15) is 0 Å². The van der Waals surface area contributed by atoms with E-state index in [9.17, 15) is 0 Å². The number of benzene rings is 1. The van der Waals surface area contributed by atoms with Crippen LogP contribution in [-0.2, 0) is 6.42 Å². The SMILES string of the molecule is CCCNC1c2ccccc2CC1N1CCCC(C)CC1. The van der Waals surface area contributed by atoms with Crippen molar-refractivity contribution >= 4 is 0 Å². The molecule has 0 bridgehead atoms. The predicted octanol–water partition coefficient (Wildman–Crippen LogP) is 3.77. The number of rotatable bonds is 4. The zero-order chi connectivity index (χ0) is 14.7. The lowest BCUT2D eigenvalue weighted by molar-refractivity contribution is 0.170. The topological polar surface area (TPSA) is 15.3 Å². The van der Waals surface area contributed by atoms with E-state index in [1.165, 1.54) is 45.2 Å². The molecule has 1 aliphatic carbocycles. The van der Waals surface area contributed by atoms with E-state index in [4.69, 9.17) is 0 Å². The van der Waals surface area contributed by atoms with Gasteiger partial charge in [-0.05, 0) is 68.8 Å². The Morgan fingerprint density at radius 1 is 1.19 bits per heavy atom. The van der Waals surface area contributed by atoms with Crippen molar-refractivity contribution in [3.8, 4) is 0 Å². The third-order valence-electron chi connectivity index (χ3n) is 5.34. The van der Waals surface area contributed by atoms with Crippen LogP contribution in [-0.4, -0.2) is 30.6 Å². The number of likely N-dealkylation sites (tertiary alicyclic amines) is 1. The Kier molecular flexibility index (Phi) is 4.97. The van der Waals surface area contributed by atoms with Crippen molar-refractivity contribution in [2.45, 2.75) is 58.0 Å². The zero-order valence-electron chi connectivity index (χ0n) is 13.6. The van der Waals surface area contributed by atoms with Gasteiger partial charge in [0.1, 0.15) is 0 Å². The first-order chi connectivity index (χ1) is 10.3. The molecule has 0 amide bonds. The van der Waals surface area contributed by atoms with Crippen LogP contribution in [0.25, 0.3) is 0 Å². The summed E-state index contributed by atoms with van der Waals surface area (Å²) in [5.74, 6) is 0.904. The van der Waals surface area contributed by atoms with Crippen LogP contribution in [0.3, 0.4) is 0 Å². The van der Waals surface area contributed by atoms with E-state index in [-0.39, 0.29) is 0 Å². The van der Waals surface area contributed by atoms with Gasteiger partial charge in [-0.15, -0.1) is 0 Å². The minimum absolute atomic E-state index is 0.537. The molecular formula is C19H30N2. The molecule has 2 nitrogen and oxygen atoms in total. The lowest BCUT2D eigenvalue weighted by Crippen LogP contribution is -2.43. The number of nitrogens with one attached hydrogen (secondary N) is 1. The van der Waals surface area contributed by atoms with Gasteiger partial charge in [-0.1, -0.05) is 38.1 Å². The summed E-state index contributed by atoms with van der Waals surface area (Å²) in [5, 5.41) is 3.82. The summed E-state index contributed by atoms with van der Waals surface area (Å²) in [6.45, 7) is 8.37. The molecule has 1 aromatic rings. The smallest absolute Gasteiger partial charge is 0.0484 e. The highest BCUT2D eigenvalue weighted by molar-refractivity contribution is 5.37. The standard InChI is InChI=1S/C19H30N2/c1-3-11-20-19-17-9-5-4-8-16(17)14-18(19)21-12-6-7-15(2)10-13-21/h4-5,8-9,15,18-20H,3,6-7,10-14H2,1-2H3. The van der Waals surface area contributed by atoms with Crippen LogP contribution in [0.1, 0.15) is 56.7 Å². The largest absolute Gasteiger partial charge is 0.309 e. The van der Waals surface area contributed by atoms with Crippen molar-refractivity contribution < 1.29 is 0 Å². The highest BCUT2D eigenvalue weighted by Crippen LogP contribution is 2.35. The van der Waals surface area contributed by atoms with Gasteiger partial charge in [0, 0.05) is 12.1 Å². The maximum Gasteiger partial charge on any atom is 0.0484 e. The van der Waals surface area contributed by atoms with Crippen LogP contribution in [0.4, 0.5) is 0 Å². The number of hydrogen-bond acceptors (Lipinski definition) is 2. The second-order valence-electron chi connectivity index (χ2n) is 6.97. The number of fused-ring (bicyclic) bond motifs is 1. The van der Waals surface area contributed by atoms with Gasteiger partial charge >= 0.3 is 0 Å². The molecule has 0 radical (unpaired) electrons. The predicted molar refractivity (Wildman–Crippen MR) is 89.6 cm³/mol. The first kappa shape index (κ1) is 15.1. The van der Waals surface area contributed by atoms with Crippen molar-refractivity contribution in [3.63, 3.8) is 0 Å². The molecule has 0 aromatic heterocycles. The van der Waals surface area contributed by atoms with Gasteiger partial charge in [0.2, 0.25) is 0 Å². The highest BCUT2D eigenvalue weighted by atomic mass is 15.2. The highest BCUT2D eigenvalue weighted by Gasteiger charge is 2.36. The molecule has 1 aliphatic heterocycles. The average molecular weight is 286 g/mol. The van der Waals surface area contributed by atoms with Crippen LogP contribution in [0, 0.1) is 5.92 Å². The summed E-state index contributed by atoms with van der Waals surface area (Å²) in [6.07, 6.45) is 6.58. The first-order valence-electron chi connectivity index (χ1n) is 8.84. The molecule has 2 heteroatoms. The van der Waals surface area contributed by atoms with Crippen molar-refractivity contribution in [1.82, 2.24) is 10.2 Å². The normalized spacial score (nSPS) is 30.1. The summed E-state index contributed by atoms with van der Waals surface area (Å²) in [6, 6.07) is 10.3. The van der Waals surface area contributed by atoms with Crippen LogP contribution < -0.4 is 5.32 Å². The van der Waals surface area contributed by atoms with Gasteiger partial charge in [-0.25, -0.2) is 0 Å². The molecule has 1 saturated heterocycles. The van der Waals surface area contributed by atoms with Gasteiger partial charge in [0.15, 0.2) is 0 Å². The second kappa shape index (κ2) is 6.93. The molecule has 21 heavy (non-hydrogen) atoms. The van der Waals surface area contributed by atoms with E-state index < -0.39 is 0 Å². The molecule has 3 atom stereocenters. The molecule has 1 heterocycles. The Labute approximate surface area is 129 Å². The molecule has 2 aliphatic rings. The van der Waals surface area contributed by atoms with E-state index in [0.29, 0.717) is 12.1 Å². The Morgan fingerprint density at radius 2 is 2.05 bits per heavy atom. The number of nitrogens with zero attached hydrogens (tertiary/aromatic N) is 1. The lowest BCUT2D eigenvalue weighted by atomic mass is 10.0. The second-order valence-corrected chi connectivity index (χ2v) is 6.97. The molecule has 1 aromatic carbocycles. The van der Waals surface area contributed by atoms with Gasteiger partial charge in [0.05, 0.1) is 0 Å². The minimum atomic E-state index is 0.537. The fraction of sp³-hybridized carbons (Fsp3) is 0.684.